The molecule has 4 bridgehead atoms. The molecule has 2 aromatic heterocycles. The van der Waals surface area contributed by atoms with Crippen LogP contribution < -0.4 is 25.6 Å². The number of anilines is 3. The molecule has 0 unspecified atom stereocenters. The van der Waals surface area contributed by atoms with Crippen LogP contribution >= 0.6 is 0 Å². The molecule has 0 radical (unpaired) electrons. The molecule has 4 saturated carbocycles. The van der Waals surface area contributed by atoms with Crippen LogP contribution in [0.4, 0.5) is 17.2 Å². The fourth-order valence-electron chi connectivity index (χ4n) is 15.3. The van der Waals surface area contributed by atoms with E-state index in [0.29, 0.717) is 23.2 Å². The highest BCUT2D eigenvalue weighted by molar-refractivity contribution is 7.19. The molecule has 0 atom stereocenters. The van der Waals surface area contributed by atoms with Gasteiger partial charge in [0.1, 0.15) is 5.82 Å². The topological polar surface area (TPSA) is 57.7 Å². The Morgan fingerprint density at radius 2 is 0.987 bits per heavy atom. The van der Waals surface area contributed by atoms with Crippen molar-refractivity contribution in [3.63, 3.8) is 0 Å². The van der Waals surface area contributed by atoms with E-state index in [-0.39, 0.29) is 5.41 Å². The van der Waals surface area contributed by atoms with Crippen molar-refractivity contribution in [2.75, 3.05) is 4.90 Å². The largest absolute Gasteiger partial charge is 0.309 e. The summed E-state index contributed by atoms with van der Waals surface area (Å²) in [4.78, 5) is 14.0. The Labute approximate surface area is 439 Å². The monoisotopic (exact) mass is 979 g/mol. The van der Waals surface area contributed by atoms with Gasteiger partial charge in [0.25, 0.3) is 0 Å². The van der Waals surface area contributed by atoms with Crippen LogP contribution in [0.3, 0.4) is 0 Å². The molecule has 9 aromatic carbocycles. The number of hydrogen-bond acceptors (Lipinski definition) is 4. The minimum Gasteiger partial charge on any atom is -0.309 e. The Kier molecular flexibility index (Phi) is 10.1. The van der Waals surface area contributed by atoms with Gasteiger partial charge in [0, 0.05) is 33.4 Å². The van der Waals surface area contributed by atoms with E-state index in [4.69, 9.17) is 9.97 Å². The Bertz CT molecular complexity index is 3890. The lowest BCUT2D eigenvalue weighted by atomic mass is 9.41. The SMILES string of the molecule is N#Cc1ccc2c(c1)c1ccccc1n2-c1ccccc1-c1nc(-c2cccc([Si](c3ccccc3)(c3ccccc3)c3ccccc3)c2)cc(N2c3ccccc3C3(c4ccccc42)C2CC4CC(C2)CC3C4)n1. The number of aromatic nitrogens is 3. The zero-order chi connectivity index (χ0) is 49.7. The molecule has 3 heterocycles. The lowest BCUT2D eigenvalue weighted by molar-refractivity contribution is -0.0419. The lowest BCUT2D eigenvalue weighted by Crippen LogP contribution is -2.74. The van der Waals surface area contributed by atoms with Gasteiger partial charge in [-0.2, -0.15) is 5.26 Å². The maximum atomic E-state index is 10.0. The van der Waals surface area contributed by atoms with Gasteiger partial charge < -0.3 is 4.57 Å². The van der Waals surface area contributed by atoms with Gasteiger partial charge >= 0.3 is 0 Å². The van der Waals surface area contributed by atoms with Crippen molar-refractivity contribution >= 4 is 67.8 Å². The zero-order valence-corrected chi connectivity index (χ0v) is 42.6. The van der Waals surface area contributed by atoms with Gasteiger partial charge in [0.2, 0.25) is 0 Å². The molecular weight excluding hydrogens is 927 g/mol. The third kappa shape index (κ3) is 6.54. The van der Waals surface area contributed by atoms with E-state index in [1.807, 2.05) is 12.1 Å². The van der Waals surface area contributed by atoms with Gasteiger partial charge in [-0.05, 0) is 136 Å². The number of benzene rings is 9. The number of nitrogens with zero attached hydrogens (tertiary/aromatic N) is 5. The van der Waals surface area contributed by atoms with Crippen LogP contribution in [-0.4, -0.2) is 22.6 Å². The first-order valence-corrected chi connectivity index (χ1v) is 28.8. The molecule has 0 amide bonds. The molecule has 358 valence electrons. The molecule has 11 aromatic rings. The second-order valence-corrected chi connectivity index (χ2v) is 25.4. The quantitative estimate of drug-likeness (QED) is 0.112. The summed E-state index contributed by atoms with van der Waals surface area (Å²) in [5.74, 6) is 4.39. The van der Waals surface area contributed by atoms with Gasteiger partial charge in [0.05, 0.1) is 45.4 Å². The van der Waals surface area contributed by atoms with Crippen LogP contribution in [0.2, 0.25) is 0 Å². The predicted molar refractivity (Wildman–Crippen MR) is 308 cm³/mol. The molecule has 4 aliphatic carbocycles. The third-order valence-corrected chi connectivity index (χ3v) is 22.7. The van der Waals surface area contributed by atoms with Crippen LogP contribution in [0.5, 0.6) is 0 Å². The number of para-hydroxylation sites is 4. The lowest BCUT2D eigenvalue weighted by Gasteiger charge is -2.64. The third-order valence-electron chi connectivity index (χ3n) is 17.9. The van der Waals surface area contributed by atoms with Gasteiger partial charge in [-0.15, -0.1) is 0 Å². The van der Waals surface area contributed by atoms with Gasteiger partial charge in [0.15, 0.2) is 13.9 Å². The Morgan fingerprint density at radius 1 is 0.453 bits per heavy atom. The molecule has 1 spiro atoms. The summed E-state index contributed by atoms with van der Waals surface area (Å²) in [5.41, 5.74) is 11.8. The van der Waals surface area contributed by atoms with E-state index < -0.39 is 8.07 Å². The van der Waals surface area contributed by atoms with E-state index in [1.54, 1.807) is 0 Å². The normalized spacial score (nSPS) is 19.0. The molecule has 75 heavy (non-hydrogen) atoms. The van der Waals surface area contributed by atoms with E-state index in [1.165, 1.54) is 75.4 Å². The van der Waals surface area contributed by atoms with Crippen LogP contribution in [0, 0.1) is 35.0 Å². The fourth-order valence-corrected chi connectivity index (χ4v) is 20.1. The molecule has 16 rings (SSSR count). The average Bonchev–Trinajstić information content (AvgIpc) is 3.85. The molecule has 0 saturated heterocycles. The minimum atomic E-state index is -2.90. The second-order valence-electron chi connectivity index (χ2n) is 21.6. The van der Waals surface area contributed by atoms with Crippen molar-refractivity contribution in [2.24, 2.45) is 23.7 Å². The first-order chi connectivity index (χ1) is 37.1. The summed E-state index contributed by atoms with van der Waals surface area (Å²) >= 11 is 0. The van der Waals surface area contributed by atoms with Gasteiger partial charge in [-0.25, -0.2) is 9.97 Å². The summed E-state index contributed by atoms with van der Waals surface area (Å²) in [5, 5.41) is 17.4. The van der Waals surface area contributed by atoms with Crippen molar-refractivity contribution in [3.05, 3.63) is 253 Å². The van der Waals surface area contributed by atoms with Crippen LogP contribution in [0.1, 0.15) is 48.8 Å². The maximum absolute atomic E-state index is 10.0. The summed E-state index contributed by atoms with van der Waals surface area (Å²) in [6.07, 6.45) is 6.65. The Morgan fingerprint density at radius 3 is 1.61 bits per heavy atom. The summed E-state index contributed by atoms with van der Waals surface area (Å²) in [6.45, 7) is 0. The first-order valence-electron chi connectivity index (χ1n) is 26.8. The summed E-state index contributed by atoms with van der Waals surface area (Å²) in [6, 6.07) is 89.2. The van der Waals surface area contributed by atoms with E-state index in [2.05, 4.69) is 240 Å². The zero-order valence-electron chi connectivity index (χ0n) is 41.6. The molecule has 4 fully saturated rings. The number of nitriles is 1. The van der Waals surface area contributed by atoms with Crippen molar-refractivity contribution in [3.8, 4) is 34.4 Å². The first kappa shape index (κ1) is 43.9. The smallest absolute Gasteiger partial charge is 0.179 e. The molecule has 6 heteroatoms. The molecular formula is C69H53N5Si. The van der Waals surface area contributed by atoms with Gasteiger partial charge in [-0.1, -0.05) is 182 Å². The van der Waals surface area contributed by atoms with E-state index in [9.17, 15) is 5.26 Å². The Balaban J connectivity index is 0.994. The predicted octanol–water partition coefficient (Wildman–Crippen LogP) is 13.7. The molecule has 0 N–H and O–H groups in total. The van der Waals surface area contributed by atoms with Gasteiger partial charge in [-0.3, -0.25) is 4.90 Å². The second kappa shape index (κ2) is 17.2. The van der Waals surface area contributed by atoms with E-state index >= 15 is 0 Å². The maximum Gasteiger partial charge on any atom is 0.179 e. The highest BCUT2D eigenvalue weighted by Gasteiger charge is 2.61. The van der Waals surface area contributed by atoms with Crippen molar-refractivity contribution in [2.45, 2.75) is 37.5 Å². The summed E-state index contributed by atoms with van der Waals surface area (Å²) in [7, 11) is -2.90. The minimum absolute atomic E-state index is 0.0427. The Hall–Kier alpha value is -8.63. The highest BCUT2D eigenvalue weighted by atomic mass is 28.3. The number of hydrogen-bond donors (Lipinski definition) is 0. The molecule has 5 aliphatic rings. The van der Waals surface area contributed by atoms with Crippen LogP contribution in [0.25, 0.3) is 50.1 Å². The average molecular weight is 980 g/mol. The highest BCUT2D eigenvalue weighted by Crippen LogP contribution is 2.69. The summed E-state index contributed by atoms with van der Waals surface area (Å²) < 4.78 is 2.33. The molecule has 1 aliphatic heterocycles. The van der Waals surface area contributed by atoms with Crippen LogP contribution in [0.15, 0.2) is 237 Å². The fraction of sp³-hybridized carbons (Fsp3) is 0.145. The number of fused-ring (bicyclic) bond motifs is 5. The number of rotatable bonds is 8. The van der Waals surface area contributed by atoms with E-state index in [0.717, 1.165) is 62.0 Å². The van der Waals surface area contributed by atoms with Crippen molar-refractivity contribution in [1.82, 2.24) is 14.5 Å². The van der Waals surface area contributed by atoms with Crippen molar-refractivity contribution < 1.29 is 0 Å². The molecule has 5 nitrogen and oxygen atoms in total. The van der Waals surface area contributed by atoms with Crippen LogP contribution in [-0.2, 0) is 5.41 Å². The van der Waals surface area contributed by atoms with Crippen molar-refractivity contribution in [1.29, 1.82) is 5.26 Å². The standard InChI is InChI=1S/C69H53N5Si/c70-45-46-35-36-64-58(42-46)56-27-10-14-31-62(56)73(64)63-32-15-11-28-57(63)68-71-61(49-19-18-26-55(43-49)75(52-20-4-1-5-21-52,53-22-6-2-7-23-53)54-24-8-3-9-25-54)44-67(72-68)74-65-33-16-12-29-59(65)69(60-30-13-17-34-66(60)74)50-38-47-37-48(40-50)41-51(69)39-47/h1-36,42-44,47-48,50-51H,37-41H2.